The average Bonchev–Trinajstić information content (AvgIpc) is 2.74. The van der Waals surface area contributed by atoms with Crippen LogP contribution in [0.25, 0.3) is 0 Å². The summed E-state index contributed by atoms with van der Waals surface area (Å²) in [6.45, 7) is 4.87. The largest absolute Gasteiger partial charge is 0.383 e. The third kappa shape index (κ3) is 6.35. The fourth-order valence-electron chi connectivity index (χ4n) is 3.57. The molecule has 0 radical (unpaired) electrons. The monoisotopic (exact) mass is 463 g/mol. The maximum absolute atomic E-state index is 12.9. The molecule has 0 bridgehead atoms. The summed E-state index contributed by atoms with van der Waals surface area (Å²) in [6.07, 6.45) is 2.16. The molecule has 1 saturated heterocycles. The molecule has 2 N–H and O–H groups in total. The summed E-state index contributed by atoms with van der Waals surface area (Å²) in [7, 11) is 1.59. The lowest BCUT2D eigenvalue weighted by molar-refractivity contribution is 0.0936. The van der Waals surface area contributed by atoms with Crippen molar-refractivity contribution >= 4 is 46.4 Å². The summed E-state index contributed by atoms with van der Waals surface area (Å²) in [5, 5.41) is 6.47. The second-order valence-electron chi connectivity index (χ2n) is 7.76. The number of benzene rings is 2. The zero-order chi connectivity index (χ0) is 22.4. The number of hydrogen-bond donors (Lipinski definition) is 2. The van der Waals surface area contributed by atoms with Gasteiger partial charge < -0.3 is 20.3 Å². The number of anilines is 2. The molecule has 3 rings (SSSR count). The Balaban J connectivity index is 1.85. The van der Waals surface area contributed by atoms with E-state index in [0.29, 0.717) is 45.9 Å². The minimum Gasteiger partial charge on any atom is -0.383 e. The molecule has 0 unspecified atom stereocenters. The van der Waals surface area contributed by atoms with Crippen LogP contribution in [0.1, 0.15) is 40.5 Å². The van der Waals surface area contributed by atoms with Gasteiger partial charge in [-0.2, -0.15) is 0 Å². The van der Waals surface area contributed by atoms with Gasteiger partial charge in [0.1, 0.15) is 0 Å². The van der Waals surface area contributed by atoms with Crippen LogP contribution in [-0.2, 0) is 4.74 Å². The normalized spacial score (nSPS) is 14.4. The summed E-state index contributed by atoms with van der Waals surface area (Å²) in [5.41, 5.74) is 2.25. The first-order chi connectivity index (χ1) is 14.9. The van der Waals surface area contributed by atoms with E-state index in [0.717, 1.165) is 31.6 Å². The van der Waals surface area contributed by atoms with E-state index in [4.69, 9.17) is 27.9 Å². The van der Waals surface area contributed by atoms with Gasteiger partial charge in [-0.3, -0.25) is 9.59 Å². The van der Waals surface area contributed by atoms with Gasteiger partial charge in [-0.15, -0.1) is 0 Å². The van der Waals surface area contributed by atoms with Gasteiger partial charge in [-0.05, 0) is 55.2 Å². The summed E-state index contributed by atoms with van der Waals surface area (Å²) in [6, 6.07) is 10.1. The maximum Gasteiger partial charge on any atom is 0.255 e. The molecule has 1 fully saturated rings. The highest BCUT2D eigenvalue weighted by molar-refractivity contribution is 6.35. The third-order valence-electron chi connectivity index (χ3n) is 5.34. The van der Waals surface area contributed by atoms with Crippen molar-refractivity contribution in [3.63, 3.8) is 0 Å². The van der Waals surface area contributed by atoms with Crippen LogP contribution >= 0.6 is 23.2 Å². The Bertz CT molecular complexity index is 923. The van der Waals surface area contributed by atoms with Crippen molar-refractivity contribution in [2.75, 3.05) is 43.6 Å². The Kier molecular flexibility index (Phi) is 8.18. The first-order valence-corrected chi connectivity index (χ1v) is 11.1. The van der Waals surface area contributed by atoms with Crippen LogP contribution in [0.4, 0.5) is 11.4 Å². The van der Waals surface area contributed by atoms with E-state index < -0.39 is 0 Å². The van der Waals surface area contributed by atoms with Gasteiger partial charge in [0, 0.05) is 53.7 Å². The molecule has 0 aromatic heterocycles. The number of carbonyl (C=O) groups excluding carboxylic acids is 2. The van der Waals surface area contributed by atoms with Crippen LogP contribution in [0.3, 0.4) is 0 Å². The molecule has 0 saturated carbocycles. The first-order valence-electron chi connectivity index (χ1n) is 10.3. The van der Waals surface area contributed by atoms with Crippen molar-refractivity contribution in [3.8, 4) is 0 Å². The highest BCUT2D eigenvalue weighted by Gasteiger charge is 2.22. The number of hydrogen-bond acceptors (Lipinski definition) is 4. The lowest BCUT2D eigenvalue weighted by Crippen LogP contribution is -2.35. The summed E-state index contributed by atoms with van der Waals surface area (Å²) < 4.78 is 5.03. The fourth-order valence-corrected chi connectivity index (χ4v) is 4.10. The Hall–Kier alpha value is -2.28. The van der Waals surface area contributed by atoms with Crippen molar-refractivity contribution in [2.24, 2.45) is 5.92 Å². The van der Waals surface area contributed by atoms with Crippen molar-refractivity contribution in [2.45, 2.75) is 19.8 Å². The lowest BCUT2D eigenvalue weighted by atomic mass is 9.97. The van der Waals surface area contributed by atoms with Crippen LogP contribution in [0.2, 0.25) is 10.0 Å². The summed E-state index contributed by atoms with van der Waals surface area (Å²) in [5.74, 6) is 0.126. The van der Waals surface area contributed by atoms with Crippen LogP contribution in [0.15, 0.2) is 36.4 Å². The minimum absolute atomic E-state index is 0.201. The van der Waals surface area contributed by atoms with Crippen molar-refractivity contribution in [3.05, 3.63) is 57.6 Å². The minimum atomic E-state index is -0.352. The number of ether oxygens (including phenoxy) is 1. The Labute approximate surface area is 192 Å². The number of amides is 2. The molecule has 6 nitrogen and oxygen atoms in total. The Morgan fingerprint density at radius 2 is 1.74 bits per heavy atom. The smallest absolute Gasteiger partial charge is 0.255 e. The van der Waals surface area contributed by atoms with E-state index in [9.17, 15) is 9.59 Å². The number of nitrogens with one attached hydrogen (secondary N) is 2. The number of rotatable bonds is 7. The molecule has 0 aliphatic carbocycles. The number of carbonyl (C=O) groups is 2. The molecule has 8 heteroatoms. The topological polar surface area (TPSA) is 70.7 Å². The van der Waals surface area contributed by atoms with Gasteiger partial charge in [0.15, 0.2) is 0 Å². The van der Waals surface area contributed by atoms with Gasteiger partial charge in [0.2, 0.25) is 0 Å². The van der Waals surface area contributed by atoms with E-state index in [-0.39, 0.29) is 11.8 Å². The number of halogens is 2. The van der Waals surface area contributed by atoms with Crippen LogP contribution < -0.4 is 15.5 Å². The number of piperidine rings is 1. The Morgan fingerprint density at radius 3 is 2.39 bits per heavy atom. The predicted molar refractivity (Wildman–Crippen MR) is 126 cm³/mol. The predicted octanol–water partition coefficient (Wildman–Crippen LogP) is 4.86. The van der Waals surface area contributed by atoms with Crippen LogP contribution in [0, 0.1) is 5.92 Å². The van der Waals surface area contributed by atoms with Crippen molar-refractivity contribution < 1.29 is 14.3 Å². The molecular weight excluding hydrogens is 437 g/mol. The molecular formula is C23H27Cl2N3O3. The molecule has 31 heavy (non-hydrogen) atoms. The van der Waals surface area contributed by atoms with E-state index in [1.807, 2.05) is 12.1 Å². The van der Waals surface area contributed by atoms with Gasteiger partial charge >= 0.3 is 0 Å². The van der Waals surface area contributed by atoms with E-state index in [2.05, 4.69) is 22.5 Å². The second kappa shape index (κ2) is 10.8. The zero-order valence-electron chi connectivity index (χ0n) is 17.7. The average molecular weight is 464 g/mol. The fraction of sp³-hybridized carbons (Fsp3) is 0.391. The van der Waals surface area contributed by atoms with E-state index in [1.54, 1.807) is 31.4 Å². The molecule has 0 spiro atoms. The third-order valence-corrected chi connectivity index (χ3v) is 5.78. The quantitative estimate of drug-likeness (QED) is 0.575. The van der Waals surface area contributed by atoms with Gasteiger partial charge in [0.25, 0.3) is 11.8 Å². The van der Waals surface area contributed by atoms with Crippen LogP contribution in [0.5, 0.6) is 0 Å². The van der Waals surface area contributed by atoms with Crippen molar-refractivity contribution in [1.29, 1.82) is 0 Å². The standard InChI is InChI=1S/C23H27Cl2N3O3/c1-15-5-8-28(9-6-15)21-4-3-19(14-20(21)23(30)26-7-10-31-2)27-22(29)16-11-17(24)13-18(25)12-16/h3-4,11-15H,5-10H2,1-2H3,(H,26,30)(H,27,29). The summed E-state index contributed by atoms with van der Waals surface area (Å²) in [4.78, 5) is 27.8. The second-order valence-corrected chi connectivity index (χ2v) is 8.64. The van der Waals surface area contributed by atoms with Crippen molar-refractivity contribution in [1.82, 2.24) is 5.32 Å². The summed E-state index contributed by atoms with van der Waals surface area (Å²) >= 11 is 12.0. The highest BCUT2D eigenvalue weighted by Crippen LogP contribution is 2.29. The van der Waals surface area contributed by atoms with Gasteiger partial charge in [-0.1, -0.05) is 30.1 Å². The highest BCUT2D eigenvalue weighted by atomic mass is 35.5. The molecule has 1 aliphatic rings. The Morgan fingerprint density at radius 1 is 1.06 bits per heavy atom. The first kappa shape index (κ1) is 23.4. The molecule has 1 heterocycles. The number of methoxy groups -OCH3 is 1. The molecule has 2 aromatic carbocycles. The van der Waals surface area contributed by atoms with Gasteiger partial charge in [-0.25, -0.2) is 0 Å². The zero-order valence-corrected chi connectivity index (χ0v) is 19.2. The van der Waals surface area contributed by atoms with Crippen LogP contribution in [-0.4, -0.2) is 45.2 Å². The molecule has 2 aromatic rings. The number of nitrogens with zero attached hydrogens (tertiary/aromatic N) is 1. The molecule has 2 amide bonds. The SMILES string of the molecule is COCCNC(=O)c1cc(NC(=O)c2cc(Cl)cc(Cl)c2)ccc1N1CCC(C)CC1. The molecule has 0 atom stereocenters. The maximum atomic E-state index is 12.9. The molecule has 166 valence electrons. The van der Waals surface area contributed by atoms with Gasteiger partial charge in [0.05, 0.1) is 12.2 Å². The molecule has 1 aliphatic heterocycles. The van der Waals surface area contributed by atoms with E-state index >= 15 is 0 Å². The van der Waals surface area contributed by atoms with E-state index in [1.165, 1.54) is 0 Å². The lowest BCUT2D eigenvalue weighted by Gasteiger charge is -2.33.